The second-order valence-corrected chi connectivity index (χ2v) is 5.37. The second kappa shape index (κ2) is 4.18. The number of hydrogen-bond acceptors (Lipinski definition) is 4. The summed E-state index contributed by atoms with van der Waals surface area (Å²) in [4.78, 5) is 10.4. The molecule has 1 fully saturated rings. The molecule has 1 saturated carbocycles. The van der Waals surface area contributed by atoms with Crippen molar-refractivity contribution in [1.82, 2.24) is 9.97 Å². The number of rotatable bonds is 3. The van der Waals surface area contributed by atoms with Crippen LogP contribution in [0.25, 0.3) is 10.7 Å². The molecule has 0 spiro atoms. The summed E-state index contributed by atoms with van der Waals surface area (Å²) in [6.07, 6.45) is 4.38. The van der Waals surface area contributed by atoms with Gasteiger partial charge in [-0.25, -0.2) is 4.98 Å². The van der Waals surface area contributed by atoms with E-state index in [0.717, 1.165) is 16.5 Å². The largest absolute Gasteiger partial charge is 0.254 e. The minimum atomic E-state index is 0.691. The average molecular weight is 248 g/mol. The molecule has 2 aromatic heterocycles. The number of nitrogens with zero attached hydrogens (tertiary/aromatic N) is 2. The first-order chi connectivity index (χ1) is 7.88. The van der Waals surface area contributed by atoms with Gasteiger partial charge in [0.05, 0.1) is 11.4 Å². The van der Waals surface area contributed by atoms with Crippen molar-refractivity contribution < 1.29 is 0 Å². The highest BCUT2D eigenvalue weighted by molar-refractivity contribution is 7.79. The minimum Gasteiger partial charge on any atom is -0.254 e. The molecule has 82 valence electrons. The number of pyridine rings is 1. The number of hydrogen-bond donors (Lipinski definition) is 1. The fourth-order valence-corrected chi connectivity index (χ4v) is 3.09. The number of thiazole rings is 1. The summed E-state index contributed by atoms with van der Waals surface area (Å²) in [7, 11) is 0. The Hall–Kier alpha value is -0.870. The van der Waals surface area contributed by atoms with Crippen molar-refractivity contribution in [2.75, 3.05) is 0 Å². The highest BCUT2D eigenvalue weighted by Gasteiger charge is 2.29. The lowest BCUT2D eigenvalue weighted by Crippen LogP contribution is -1.85. The van der Waals surface area contributed by atoms with Crippen molar-refractivity contribution >= 4 is 24.0 Å². The van der Waals surface area contributed by atoms with Gasteiger partial charge in [-0.2, -0.15) is 12.6 Å². The molecule has 2 heterocycles. The van der Waals surface area contributed by atoms with Crippen LogP contribution in [0.3, 0.4) is 0 Å². The van der Waals surface area contributed by atoms with Crippen LogP contribution in [0.1, 0.15) is 29.3 Å². The van der Waals surface area contributed by atoms with E-state index in [4.69, 9.17) is 4.98 Å². The monoisotopic (exact) mass is 248 g/mol. The van der Waals surface area contributed by atoms with Crippen molar-refractivity contribution in [2.24, 2.45) is 0 Å². The lowest BCUT2D eigenvalue weighted by molar-refractivity contribution is 1.03. The third-order valence-corrected chi connectivity index (χ3v) is 4.34. The van der Waals surface area contributed by atoms with Crippen molar-refractivity contribution in [2.45, 2.75) is 24.5 Å². The van der Waals surface area contributed by atoms with Gasteiger partial charge in [-0.15, -0.1) is 11.3 Å². The molecule has 3 rings (SSSR count). The Bertz CT molecular complexity index is 489. The van der Waals surface area contributed by atoms with E-state index in [1.807, 2.05) is 24.4 Å². The van der Waals surface area contributed by atoms with E-state index in [1.54, 1.807) is 11.3 Å². The lowest BCUT2D eigenvalue weighted by atomic mass is 10.2. The van der Waals surface area contributed by atoms with Crippen molar-refractivity contribution in [3.8, 4) is 10.7 Å². The summed E-state index contributed by atoms with van der Waals surface area (Å²) in [6, 6.07) is 5.94. The van der Waals surface area contributed by atoms with E-state index in [1.165, 1.54) is 23.4 Å². The van der Waals surface area contributed by atoms with Gasteiger partial charge in [-0.05, 0) is 25.0 Å². The summed E-state index contributed by atoms with van der Waals surface area (Å²) in [5.41, 5.74) is 2.24. The van der Waals surface area contributed by atoms with E-state index >= 15 is 0 Å². The van der Waals surface area contributed by atoms with Crippen molar-refractivity contribution in [3.05, 3.63) is 35.0 Å². The molecule has 1 aliphatic rings. The van der Waals surface area contributed by atoms with E-state index < -0.39 is 0 Å². The fourth-order valence-electron chi connectivity index (χ4n) is 1.75. The highest BCUT2D eigenvalue weighted by atomic mass is 32.1. The van der Waals surface area contributed by atoms with E-state index in [9.17, 15) is 0 Å². The highest BCUT2D eigenvalue weighted by Crippen LogP contribution is 2.44. The molecule has 16 heavy (non-hydrogen) atoms. The van der Waals surface area contributed by atoms with Crippen molar-refractivity contribution in [3.63, 3.8) is 0 Å². The fraction of sp³-hybridized carbons (Fsp3) is 0.333. The van der Waals surface area contributed by atoms with Crippen LogP contribution in [-0.4, -0.2) is 9.97 Å². The van der Waals surface area contributed by atoms with Crippen LogP contribution in [0.15, 0.2) is 24.4 Å². The predicted molar refractivity (Wildman–Crippen MR) is 70.0 cm³/mol. The van der Waals surface area contributed by atoms with E-state index in [0.29, 0.717) is 5.92 Å². The third-order valence-electron chi connectivity index (χ3n) is 2.72. The van der Waals surface area contributed by atoms with Crippen LogP contribution in [0, 0.1) is 0 Å². The normalized spacial score (nSPS) is 15.3. The summed E-state index contributed by atoms with van der Waals surface area (Å²) in [6.45, 7) is 0. The van der Waals surface area contributed by atoms with Gasteiger partial charge >= 0.3 is 0 Å². The Morgan fingerprint density at radius 2 is 2.25 bits per heavy atom. The molecule has 0 atom stereocenters. The molecule has 0 amide bonds. The quantitative estimate of drug-likeness (QED) is 0.841. The van der Waals surface area contributed by atoms with Crippen molar-refractivity contribution in [1.29, 1.82) is 0 Å². The number of aromatic nitrogens is 2. The Morgan fingerprint density at radius 3 is 2.88 bits per heavy atom. The van der Waals surface area contributed by atoms with Crippen LogP contribution in [-0.2, 0) is 5.75 Å². The zero-order chi connectivity index (χ0) is 11.0. The molecule has 0 bridgehead atoms. The minimum absolute atomic E-state index is 0.691. The molecule has 2 aromatic rings. The molecule has 0 radical (unpaired) electrons. The first-order valence-electron chi connectivity index (χ1n) is 5.40. The summed E-state index contributed by atoms with van der Waals surface area (Å²) in [5, 5.41) is 1.03. The summed E-state index contributed by atoms with van der Waals surface area (Å²) >= 11 is 6.11. The van der Waals surface area contributed by atoms with Crippen LogP contribution in [0.4, 0.5) is 0 Å². The Morgan fingerprint density at radius 1 is 1.38 bits per heavy atom. The van der Waals surface area contributed by atoms with Gasteiger partial charge in [0.25, 0.3) is 0 Å². The zero-order valence-corrected chi connectivity index (χ0v) is 10.5. The van der Waals surface area contributed by atoms with Gasteiger partial charge in [0.15, 0.2) is 0 Å². The van der Waals surface area contributed by atoms with Gasteiger partial charge in [-0.3, -0.25) is 4.98 Å². The summed E-state index contributed by atoms with van der Waals surface area (Å²) in [5.74, 6) is 1.48. The zero-order valence-electron chi connectivity index (χ0n) is 8.76. The Kier molecular flexibility index (Phi) is 2.69. The van der Waals surface area contributed by atoms with Crippen LogP contribution in [0.5, 0.6) is 0 Å². The molecule has 0 aliphatic heterocycles. The van der Waals surface area contributed by atoms with Gasteiger partial charge < -0.3 is 0 Å². The number of thiol groups is 1. The molecule has 0 aromatic carbocycles. The predicted octanol–water partition coefficient (Wildman–Crippen LogP) is 3.51. The average Bonchev–Trinajstić information content (AvgIpc) is 3.10. The van der Waals surface area contributed by atoms with E-state index in [-0.39, 0.29) is 0 Å². The maximum Gasteiger partial charge on any atom is 0.142 e. The first kappa shape index (κ1) is 10.3. The molecule has 4 heteroatoms. The molecule has 0 unspecified atom stereocenters. The maximum atomic E-state index is 4.72. The standard InChI is InChI=1S/C12H12N2S2/c15-7-10-11(8-4-5-8)14-12(16-10)9-3-1-2-6-13-9/h1-3,6,8,15H,4-5,7H2. The van der Waals surface area contributed by atoms with Gasteiger partial charge in [0.2, 0.25) is 0 Å². The van der Waals surface area contributed by atoms with Gasteiger partial charge in [-0.1, -0.05) is 6.07 Å². The smallest absolute Gasteiger partial charge is 0.142 e. The van der Waals surface area contributed by atoms with Gasteiger partial charge in [0, 0.05) is 22.7 Å². The lowest BCUT2D eigenvalue weighted by Gasteiger charge is -1.93. The third kappa shape index (κ3) is 1.87. The molecule has 0 N–H and O–H groups in total. The SMILES string of the molecule is SCc1sc(-c2ccccn2)nc1C1CC1. The topological polar surface area (TPSA) is 25.8 Å². The molecular formula is C12H12N2S2. The summed E-state index contributed by atoms with van der Waals surface area (Å²) < 4.78 is 0. The molecule has 1 aliphatic carbocycles. The van der Waals surface area contributed by atoms with Crippen LogP contribution >= 0.6 is 24.0 Å². The molecular weight excluding hydrogens is 236 g/mol. The van der Waals surface area contributed by atoms with Crippen LogP contribution in [0.2, 0.25) is 0 Å². The first-order valence-corrected chi connectivity index (χ1v) is 6.85. The van der Waals surface area contributed by atoms with Crippen LogP contribution < -0.4 is 0 Å². The van der Waals surface area contributed by atoms with Gasteiger partial charge in [0.1, 0.15) is 5.01 Å². The molecule has 0 saturated heterocycles. The molecule has 2 nitrogen and oxygen atoms in total. The Balaban J connectivity index is 2.02. The Labute approximate surface area is 104 Å². The van der Waals surface area contributed by atoms with E-state index in [2.05, 4.69) is 17.6 Å². The second-order valence-electron chi connectivity index (χ2n) is 3.97. The maximum absolute atomic E-state index is 4.72.